The maximum absolute atomic E-state index is 14.6. The normalized spacial score (nSPS) is 16.2. The summed E-state index contributed by atoms with van der Waals surface area (Å²) in [7, 11) is 0. The zero-order valence-corrected chi connectivity index (χ0v) is 18.8. The van der Waals surface area contributed by atoms with Gasteiger partial charge >= 0.3 is 0 Å². The maximum atomic E-state index is 14.6. The summed E-state index contributed by atoms with van der Waals surface area (Å²) in [5.41, 5.74) is 5.08. The summed E-state index contributed by atoms with van der Waals surface area (Å²) in [5.74, 6) is 0.240. The van der Waals surface area contributed by atoms with E-state index in [1.807, 2.05) is 24.3 Å². The number of aliphatic hydroxyl groups is 1. The number of aromatic nitrogens is 4. The molecule has 0 aliphatic carbocycles. The van der Waals surface area contributed by atoms with Gasteiger partial charge in [-0.2, -0.15) is 0 Å². The predicted octanol–water partition coefficient (Wildman–Crippen LogP) is 2.89. The number of amidine groups is 1. The van der Waals surface area contributed by atoms with Crippen molar-refractivity contribution >= 4 is 11.5 Å². The number of β-amino-alcohol motifs (C(OH)–C–C–N with tert-alkyl or cyclic N) is 1. The van der Waals surface area contributed by atoms with Crippen molar-refractivity contribution in [3.05, 3.63) is 95.7 Å². The van der Waals surface area contributed by atoms with Crippen LogP contribution in [-0.2, 0) is 6.54 Å². The number of aliphatic imine (C=N–C) groups is 2. The second kappa shape index (κ2) is 8.94. The zero-order chi connectivity index (χ0) is 23.8. The number of hydrogen-bond donors (Lipinski definition) is 1. The molecule has 0 bridgehead atoms. The molecule has 2 aromatic carbocycles. The summed E-state index contributed by atoms with van der Waals surface area (Å²) in [6.07, 6.45) is 3.15. The molecule has 4 heterocycles. The molecule has 1 saturated heterocycles. The standard InChI is InChI=1S/C26H22FN7O/c27-21-3-1-2-4-23(21)34-25(18-9-11-28-12-10-18)24(31-32-34)22-13-29-26(30-22)19-7-5-17(6-8-19)14-33-15-20(35)16-33/h1-12,20,35H,13-16H2. The van der Waals surface area contributed by atoms with Crippen LogP contribution in [0.3, 0.4) is 0 Å². The molecule has 2 aromatic heterocycles. The lowest BCUT2D eigenvalue weighted by Gasteiger charge is -2.35. The van der Waals surface area contributed by atoms with Gasteiger partial charge in [-0.25, -0.2) is 14.1 Å². The molecule has 174 valence electrons. The first-order chi connectivity index (χ1) is 17.2. The highest BCUT2D eigenvalue weighted by atomic mass is 19.1. The van der Waals surface area contributed by atoms with Crippen molar-refractivity contribution in [3.63, 3.8) is 0 Å². The smallest absolute Gasteiger partial charge is 0.155 e. The summed E-state index contributed by atoms with van der Waals surface area (Å²) >= 11 is 0. The van der Waals surface area contributed by atoms with Crippen molar-refractivity contribution in [2.24, 2.45) is 9.98 Å². The van der Waals surface area contributed by atoms with Gasteiger partial charge in [0.1, 0.15) is 22.9 Å². The summed E-state index contributed by atoms with van der Waals surface area (Å²) in [6.45, 7) is 2.61. The fraction of sp³-hybridized carbons (Fsp3) is 0.192. The lowest BCUT2D eigenvalue weighted by molar-refractivity contribution is -0.00286. The zero-order valence-electron chi connectivity index (χ0n) is 18.8. The van der Waals surface area contributed by atoms with Gasteiger partial charge in [0.05, 0.1) is 18.4 Å². The second-order valence-electron chi connectivity index (χ2n) is 8.63. The molecule has 2 aliphatic heterocycles. The maximum Gasteiger partial charge on any atom is 0.155 e. The number of rotatable bonds is 6. The van der Waals surface area contributed by atoms with E-state index in [1.54, 1.807) is 30.6 Å². The van der Waals surface area contributed by atoms with Crippen LogP contribution >= 0.6 is 0 Å². The monoisotopic (exact) mass is 467 g/mol. The van der Waals surface area contributed by atoms with Crippen LogP contribution in [0, 0.1) is 5.82 Å². The largest absolute Gasteiger partial charge is 0.390 e. The molecule has 6 rings (SSSR count). The van der Waals surface area contributed by atoms with Gasteiger partial charge in [-0.1, -0.05) is 41.6 Å². The number of halogens is 1. The minimum Gasteiger partial charge on any atom is -0.390 e. The summed E-state index contributed by atoms with van der Waals surface area (Å²) in [6, 6.07) is 18.3. The lowest BCUT2D eigenvalue weighted by Crippen LogP contribution is -2.49. The predicted molar refractivity (Wildman–Crippen MR) is 130 cm³/mol. The number of benzene rings is 2. The Morgan fingerprint density at radius 2 is 1.71 bits per heavy atom. The minimum absolute atomic E-state index is 0.205. The molecule has 1 N–H and O–H groups in total. The van der Waals surface area contributed by atoms with E-state index < -0.39 is 5.82 Å². The van der Waals surface area contributed by atoms with Crippen LogP contribution in [0.1, 0.15) is 16.8 Å². The van der Waals surface area contributed by atoms with E-state index in [4.69, 9.17) is 4.99 Å². The molecule has 0 unspecified atom stereocenters. The number of likely N-dealkylation sites (tertiary alicyclic amines) is 1. The molecule has 35 heavy (non-hydrogen) atoms. The van der Waals surface area contributed by atoms with Crippen LogP contribution in [-0.4, -0.2) is 67.3 Å². The van der Waals surface area contributed by atoms with E-state index in [1.165, 1.54) is 16.3 Å². The molecule has 0 amide bonds. The average Bonchev–Trinajstić information content (AvgIpc) is 3.52. The second-order valence-corrected chi connectivity index (χ2v) is 8.63. The lowest BCUT2D eigenvalue weighted by atomic mass is 10.1. The van der Waals surface area contributed by atoms with Crippen molar-refractivity contribution in [1.82, 2.24) is 24.9 Å². The van der Waals surface area contributed by atoms with Gasteiger partial charge in [0.15, 0.2) is 5.84 Å². The third-order valence-electron chi connectivity index (χ3n) is 6.15. The fourth-order valence-corrected chi connectivity index (χ4v) is 4.36. The molecule has 0 saturated carbocycles. The highest BCUT2D eigenvalue weighted by Crippen LogP contribution is 2.28. The van der Waals surface area contributed by atoms with Gasteiger partial charge in [-0.3, -0.25) is 14.9 Å². The van der Waals surface area contributed by atoms with E-state index in [2.05, 4.69) is 37.3 Å². The Morgan fingerprint density at radius 1 is 0.943 bits per heavy atom. The van der Waals surface area contributed by atoms with Crippen LogP contribution in [0.2, 0.25) is 0 Å². The van der Waals surface area contributed by atoms with Crippen LogP contribution in [0.15, 0.2) is 83.0 Å². The number of aliphatic hydroxyl groups excluding tert-OH is 1. The third-order valence-corrected chi connectivity index (χ3v) is 6.15. The third kappa shape index (κ3) is 4.16. The summed E-state index contributed by atoms with van der Waals surface area (Å²) in [4.78, 5) is 15.7. The van der Waals surface area contributed by atoms with Gasteiger partial charge in [-0.15, -0.1) is 5.10 Å². The Hall–Kier alpha value is -4.08. The first kappa shape index (κ1) is 21.5. The molecule has 1 fully saturated rings. The van der Waals surface area contributed by atoms with E-state index in [0.717, 1.165) is 30.8 Å². The Labute approximate surface area is 201 Å². The van der Waals surface area contributed by atoms with Crippen molar-refractivity contribution in [2.45, 2.75) is 12.6 Å². The van der Waals surface area contributed by atoms with E-state index in [0.29, 0.717) is 35.2 Å². The molecule has 0 radical (unpaired) electrons. The Bertz CT molecular complexity index is 1420. The molecule has 4 aromatic rings. The van der Waals surface area contributed by atoms with Crippen molar-refractivity contribution in [3.8, 4) is 16.9 Å². The number of hydrogen-bond acceptors (Lipinski definition) is 7. The Morgan fingerprint density at radius 3 is 2.46 bits per heavy atom. The molecule has 9 heteroatoms. The minimum atomic E-state index is -0.391. The topological polar surface area (TPSA) is 91.8 Å². The highest BCUT2D eigenvalue weighted by molar-refractivity contribution is 6.18. The number of pyridine rings is 1. The Balaban J connectivity index is 1.31. The molecule has 0 atom stereocenters. The van der Waals surface area contributed by atoms with Gasteiger partial charge in [0, 0.05) is 43.2 Å². The van der Waals surface area contributed by atoms with Gasteiger partial charge in [0.2, 0.25) is 0 Å². The average molecular weight is 468 g/mol. The van der Waals surface area contributed by atoms with Gasteiger partial charge < -0.3 is 5.11 Å². The van der Waals surface area contributed by atoms with Crippen LogP contribution in [0.25, 0.3) is 16.9 Å². The summed E-state index contributed by atoms with van der Waals surface area (Å²) in [5, 5.41) is 18.1. The van der Waals surface area contributed by atoms with E-state index in [9.17, 15) is 9.50 Å². The van der Waals surface area contributed by atoms with Crippen molar-refractivity contribution in [2.75, 3.05) is 19.6 Å². The van der Waals surface area contributed by atoms with Crippen LogP contribution in [0.4, 0.5) is 4.39 Å². The van der Waals surface area contributed by atoms with Gasteiger partial charge in [-0.05, 0) is 29.8 Å². The first-order valence-electron chi connectivity index (χ1n) is 11.4. The molecule has 8 nitrogen and oxygen atoms in total. The summed E-state index contributed by atoms with van der Waals surface area (Å²) < 4.78 is 16.1. The van der Waals surface area contributed by atoms with E-state index in [-0.39, 0.29) is 6.10 Å². The molecular weight excluding hydrogens is 445 g/mol. The number of nitrogens with zero attached hydrogens (tertiary/aromatic N) is 7. The first-order valence-corrected chi connectivity index (χ1v) is 11.4. The van der Waals surface area contributed by atoms with Crippen molar-refractivity contribution < 1.29 is 9.50 Å². The van der Waals surface area contributed by atoms with E-state index >= 15 is 0 Å². The SMILES string of the molecule is OC1CN(Cc2ccc(C3=NCC(c4nnn(-c5ccccc5F)c4-c4ccncc4)=N3)cc2)C1. The number of para-hydroxylation sites is 1. The van der Waals surface area contributed by atoms with Crippen LogP contribution in [0.5, 0.6) is 0 Å². The fourth-order valence-electron chi connectivity index (χ4n) is 4.36. The van der Waals surface area contributed by atoms with Crippen molar-refractivity contribution in [1.29, 1.82) is 0 Å². The molecule has 2 aliphatic rings. The molecule has 0 spiro atoms. The Kier molecular flexibility index (Phi) is 5.48. The quantitative estimate of drug-likeness (QED) is 0.471. The highest BCUT2D eigenvalue weighted by Gasteiger charge is 2.26. The van der Waals surface area contributed by atoms with Crippen LogP contribution < -0.4 is 0 Å². The molecular formula is C26H22FN7O. The van der Waals surface area contributed by atoms with Gasteiger partial charge in [0.25, 0.3) is 0 Å².